The van der Waals surface area contributed by atoms with Gasteiger partial charge in [-0.3, -0.25) is 4.79 Å². The normalized spacial score (nSPS) is 17.5. The summed E-state index contributed by atoms with van der Waals surface area (Å²) in [6.45, 7) is 7.17. The molecule has 1 aliphatic rings. The van der Waals surface area contributed by atoms with Gasteiger partial charge in [0.2, 0.25) is 0 Å². The zero-order valence-electron chi connectivity index (χ0n) is 18.9. The number of amides is 2. The molecule has 1 unspecified atom stereocenters. The number of anilines is 1. The van der Waals surface area contributed by atoms with Crippen LogP contribution in [-0.2, 0) is 14.3 Å². The number of nitrogens with one attached hydrogen (secondary N) is 1. The molecule has 1 aliphatic heterocycles. The van der Waals surface area contributed by atoms with Crippen molar-refractivity contribution >= 4 is 41.0 Å². The number of ether oxygens (including phenoxy) is 2. The van der Waals surface area contributed by atoms with Crippen LogP contribution < -0.4 is 5.32 Å². The SMILES string of the molecule is CCOC(=O)C1(C)CN(C(=O)Nc2ccc(C(=O)OC(C)C)cc2)N=C1c1ccc(Cl)cc1. The van der Waals surface area contributed by atoms with Crippen LogP contribution >= 0.6 is 11.6 Å². The summed E-state index contributed by atoms with van der Waals surface area (Å²) in [7, 11) is 0. The average Bonchev–Trinajstić information content (AvgIpc) is 3.13. The summed E-state index contributed by atoms with van der Waals surface area (Å²) in [5.41, 5.74) is 0.777. The quantitative estimate of drug-likeness (QED) is 0.614. The summed E-state index contributed by atoms with van der Waals surface area (Å²) in [4.78, 5) is 37.7. The van der Waals surface area contributed by atoms with Gasteiger partial charge in [-0.15, -0.1) is 0 Å². The monoisotopic (exact) mass is 471 g/mol. The molecule has 0 fully saturated rings. The van der Waals surface area contributed by atoms with E-state index in [4.69, 9.17) is 21.1 Å². The molecule has 2 amide bonds. The van der Waals surface area contributed by atoms with Gasteiger partial charge in [-0.05, 0) is 69.7 Å². The Balaban J connectivity index is 1.80. The number of carbonyl (C=O) groups excluding carboxylic acids is 3. The number of carbonyl (C=O) groups is 3. The Kier molecular flexibility index (Phi) is 7.38. The molecule has 0 aromatic heterocycles. The van der Waals surface area contributed by atoms with Crippen molar-refractivity contribution in [2.24, 2.45) is 10.5 Å². The highest BCUT2D eigenvalue weighted by Gasteiger charge is 2.48. The Morgan fingerprint density at radius 2 is 1.76 bits per heavy atom. The van der Waals surface area contributed by atoms with E-state index in [1.807, 2.05) is 0 Å². The second kappa shape index (κ2) is 10.0. The molecule has 0 saturated heterocycles. The van der Waals surface area contributed by atoms with Gasteiger partial charge in [0.05, 0.1) is 30.5 Å². The first kappa shape index (κ1) is 24.3. The minimum Gasteiger partial charge on any atom is -0.465 e. The molecule has 8 nitrogen and oxygen atoms in total. The van der Waals surface area contributed by atoms with Crippen molar-refractivity contribution in [3.05, 3.63) is 64.7 Å². The highest BCUT2D eigenvalue weighted by atomic mass is 35.5. The second-order valence-corrected chi connectivity index (χ2v) is 8.46. The van der Waals surface area contributed by atoms with Gasteiger partial charge in [-0.25, -0.2) is 14.6 Å². The Bertz CT molecular complexity index is 1070. The molecule has 0 saturated carbocycles. The van der Waals surface area contributed by atoms with Crippen LogP contribution in [0.3, 0.4) is 0 Å². The summed E-state index contributed by atoms with van der Waals surface area (Å²) in [5.74, 6) is -0.910. The van der Waals surface area contributed by atoms with E-state index >= 15 is 0 Å². The number of halogens is 1. The summed E-state index contributed by atoms with van der Waals surface area (Å²) in [6.07, 6.45) is -0.228. The number of urea groups is 1. The Labute approximate surface area is 197 Å². The van der Waals surface area contributed by atoms with E-state index in [1.54, 1.807) is 76.2 Å². The smallest absolute Gasteiger partial charge is 0.342 e. The van der Waals surface area contributed by atoms with Gasteiger partial charge in [0, 0.05) is 10.7 Å². The first-order chi connectivity index (χ1) is 15.6. The summed E-state index contributed by atoms with van der Waals surface area (Å²) >= 11 is 5.99. The maximum absolute atomic E-state index is 12.9. The van der Waals surface area contributed by atoms with E-state index in [2.05, 4.69) is 10.4 Å². The van der Waals surface area contributed by atoms with E-state index in [9.17, 15) is 14.4 Å². The van der Waals surface area contributed by atoms with Crippen LogP contribution in [0.25, 0.3) is 0 Å². The van der Waals surface area contributed by atoms with E-state index in [-0.39, 0.29) is 19.3 Å². The molecule has 0 aliphatic carbocycles. The van der Waals surface area contributed by atoms with Crippen molar-refractivity contribution in [2.45, 2.75) is 33.8 Å². The van der Waals surface area contributed by atoms with Gasteiger partial charge >= 0.3 is 18.0 Å². The van der Waals surface area contributed by atoms with Gasteiger partial charge in [-0.2, -0.15) is 5.10 Å². The molecule has 2 aromatic rings. The molecule has 0 bridgehead atoms. The molecule has 1 heterocycles. The van der Waals surface area contributed by atoms with E-state index < -0.39 is 23.4 Å². The molecule has 1 N–H and O–H groups in total. The highest BCUT2D eigenvalue weighted by Crippen LogP contribution is 2.33. The fraction of sp³-hybridized carbons (Fsp3) is 0.333. The van der Waals surface area contributed by atoms with Gasteiger partial charge < -0.3 is 14.8 Å². The fourth-order valence-corrected chi connectivity index (χ4v) is 3.48. The maximum atomic E-state index is 12.9. The lowest BCUT2D eigenvalue weighted by molar-refractivity contribution is -0.150. The summed E-state index contributed by atoms with van der Waals surface area (Å²) in [6, 6.07) is 12.7. The zero-order chi connectivity index (χ0) is 24.2. The molecule has 0 radical (unpaired) electrons. The van der Waals surface area contributed by atoms with E-state index in [1.165, 1.54) is 5.01 Å². The number of hydrogen-bond acceptors (Lipinski definition) is 6. The van der Waals surface area contributed by atoms with Gasteiger partial charge in [0.15, 0.2) is 0 Å². The lowest BCUT2D eigenvalue weighted by atomic mass is 9.82. The standard InChI is InChI=1S/C24H26ClN3O5/c1-5-32-22(30)24(4)14-28(27-20(24)16-6-10-18(25)11-7-16)23(31)26-19-12-8-17(9-13-19)21(29)33-15(2)3/h6-13,15H,5,14H2,1-4H3,(H,26,31). The predicted molar refractivity (Wildman–Crippen MR) is 125 cm³/mol. The number of benzene rings is 2. The number of nitrogens with zero attached hydrogens (tertiary/aromatic N) is 2. The lowest BCUT2D eigenvalue weighted by Gasteiger charge is -2.24. The molecular formula is C24H26ClN3O5. The molecule has 9 heteroatoms. The van der Waals surface area contributed by atoms with Crippen molar-refractivity contribution in [1.29, 1.82) is 0 Å². The Hall–Kier alpha value is -3.39. The van der Waals surface area contributed by atoms with Crippen molar-refractivity contribution in [3.63, 3.8) is 0 Å². The topological polar surface area (TPSA) is 97.3 Å². The third-order valence-corrected chi connectivity index (χ3v) is 5.25. The van der Waals surface area contributed by atoms with Crippen LogP contribution in [0.15, 0.2) is 53.6 Å². The Morgan fingerprint density at radius 1 is 1.12 bits per heavy atom. The van der Waals surface area contributed by atoms with Gasteiger partial charge in [0.1, 0.15) is 5.41 Å². The molecule has 0 spiro atoms. The number of hydrogen-bond donors (Lipinski definition) is 1. The predicted octanol–water partition coefficient (Wildman–Crippen LogP) is 4.73. The second-order valence-electron chi connectivity index (χ2n) is 8.03. The summed E-state index contributed by atoms with van der Waals surface area (Å²) in [5, 5.41) is 8.92. The van der Waals surface area contributed by atoms with Crippen LogP contribution in [-0.4, -0.2) is 47.9 Å². The molecule has 1 atom stereocenters. The van der Waals surface area contributed by atoms with Gasteiger partial charge in [0.25, 0.3) is 0 Å². The maximum Gasteiger partial charge on any atom is 0.342 e. The Morgan fingerprint density at radius 3 is 2.33 bits per heavy atom. The first-order valence-corrected chi connectivity index (χ1v) is 10.9. The fourth-order valence-electron chi connectivity index (χ4n) is 3.35. The highest BCUT2D eigenvalue weighted by molar-refractivity contribution is 6.30. The molecule has 2 aromatic carbocycles. The number of rotatable bonds is 6. The average molecular weight is 472 g/mol. The van der Waals surface area contributed by atoms with Crippen molar-refractivity contribution < 1.29 is 23.9 Å². The molecular weight excluding hydrogens is 446 g/mol. The third-order valence-electron chi connectivity index (χ3n) is 5.00. The van der Waals surface area contributed by atoms with Gasteiger partial charge in [-0.1, -0.05) is 23.7 Å². The van der Waals surface area contributed by atoms with E-state index in [0.717, 1.165) is 0 Å². The van der Waals surface area contributed by atoms with Crippen molar-refractivity contribution in [3.8, 4) is 0 Å². The zero-order valence-corrected chi connectivity index (χ0v) is 19.7. The largest absolute Gasteiger partial charge is 0.465 e. The number of hydrazone groups is 1. The molecule has 3 rings (SSSR count). The van der Waals surface area contributed by atoms with Crippen LogP contribution in [0.4, 0.5) is 10.5 Å². The van der Waals surface area contributed by atoms with Crippen LogP contribution in [0.1, 0.15) is 43.6 Å². The van der Waals surface area contributed by atoms with Crippen LogP contribution in [0.2, 0.25) is 5.02 Å². The van der Waals surface area contributed by atoms with Crippen molar-refractivity contribution in [2.75, 3.05) is 18.5 Å². The van der Waals surface area contributed by atoms with E-state index in [0.29, 0.717) is 27.5 Å². The van der Waals surface area contributed by atoms with Crippen LogP contribution in [0, 0.1) is 5.41 Å². The van der Waals surface area contributed by atoms with Crippen LogP contribution in [0.5, 0.6) is 0 Å². The molecule has 33 heavy (non-hydrogen) atoms. The third kappa shape index (κ3) is 5.51. The summed E-state index contributed by atoms with van der Waals surface area (Å²) < 4.78 is 10.4. The van der Waals surface area contributed by atoms with Crippen molar-refractivity contribution in [1.82, 2.24) is 5.01 Å². The first-order valence-electron chi connectivity index (χ1n) is 10.6. The minimum absolute atomic E-state index is 0.00836. The minimum atomic E-state index is -1.15. The molecule has 174 valence electrons. The lowest BCUT2D eigenvalue weighted by Crippen LogP contribution is -2.42. The number of esters is 2.